The average Bonchev–Trinajstić information content (AvgIpc) is 2.37. The second-order valence-electron chi connectivity index (χ2n) is 6.84. The first-order valence-corrected chi connectivity index (χ1v) is 7.50. The van der Waals surface area contributed by atoms with Crippen molar-refractivity contribution in [3.63, 3.8) is 0 Å². The van der Waals surface area contributed by atoms with Crippen LogP contribution in [0, 0.1) is 11.3 Å². The van der Waals surface area contributed by atoms with Crippen molar-refractivity contribution in [1.29, 1.82) is 0 Å². The summed E-state index contributed by atoms with van der Waals surface area (Å²) in [6, 6.07) is 0.657. The molecule has 2 aliphatic rings. The van der Waals surface area contributed by atoms with Crippen LogP contribution in [0.3, 0.4) is 0 Å². The molecule has 0 aromatic carbocycles. The van der Waals surface area contributed by atoms with Gasteiger partial charge in [0.15, 0.2) is 0 Å². The Morgan fingerprint density at radius 1 is 1.11 bits per heavy atom. The van der Waals surface area contributed by atoms with Gasteiger partial charge in [-0.3, -0.25) is 0 Å². The van der Waals surface area contributed by atoms with Crippen LogP contribution in [0.1, 0.15) is 46.5 Å². The van der Waals surface area contributed by atoms with Crippen molar-refractivity contribution in [2.24, 2.45) is 11.3 Å². The van der Waals surface area contributed by atoms with Crippen molar-refractivity contribution < 1.29 is 9.47 Å². The van der Waals surface area contributed by atoms with Gasteiger partial charge in [0.2, 0.25) is 0 Å². The Kier molecular flexibility index (Phi) is 5.05. The number of nitrogens with one attached hydrogen (secondary N) is 1. The molecular weight excluding hydrogens is 226 g/mol. The first-order valence-electron chi connectivity index (χ1n) is 7.50. The minimum Gasteiger partial charge on any atom is -0.376 e. The van der Waals surface area contributed by atoms with E-state index in [1.165, 1.54) is 25.7 Å². The van der Waals surface area contributed by atoms with Gasteiger partial charge in [0.1, 0.15) is 0 Å². The highest BCUT2D eigenvalue weighted by Crippen LogP contribution is 2.37. The van der Waals surface area contributed by atoms with Crippen molar-refractivity contribution in [2.45, 2.75) is 58.6 Å². The van der Waals surface area contributed by atoms with Crippen molar-refractivity contribution >= 4 is 0 Å². The Morgan fingerprint density at radius 3 is 2.56 bits per heavy atom. The molecular formula is C15H29NO2. The quantitative estimate of drug-likeness (QED) is 0.841. The van der Waals surface area contributed by atoms with Crippen molar-refractivity contribution in [1.82, 2.24) is 5.32 Å². The summed E-state index contributed by atoms with van der Waals surface area (Å²) in [6.45, 7) is 10.3. The van der Waals surface area contributed by atoms with Crippen LogP contribution in [-0.4, -0.2) is 38.5 Å². The molecule has 1 aliphatic carbocycles. The lowest BCUT2D eigenvalue weighted by Gasteiger charge is -2.41. The summed E-state index contributed by atoms with van der Waals surface area (Å²) in [5, 5.41) is 3.74. The molecule has 106 valence electrons. The fourth-order valence-electron chi connectivity index (χ4n) is 3.35. The van der Waals surface area contributed by atoms with E-state index in [2.05, 4.69) is 26.1 Å². The van der Waals surface area contributed by atoms with Crippen LogP contribution in [0.4, 0.5) is 0 Å². The maximum absolute atomic E-state index is 5.70. The van der Waals surface area contributed by atoms with Crippen molar-refractivity contribution in [2.75, 3.05) is 26.4 Å². The van der Waals surface area contributed by atoms with E-state index >= 15 is 0 Å². The van der Waals surface area contributed by atoms with E-state index in [1.54, 1.807) is 0 Å². The lowest BCUT2D eigenvalue weighted by atomic mass is 9.69. The largest absolute Gasteiger partial charge is 0.376 e. The predicted octanol–water partition coefficient (Wildman–Crippen LogP) is 2.60. The van der Waals surface area contributed by atoms with Gasteiger partial charge in [0.25, 0.3) is 0 Å². The lowest BCUT2D eigenvalue weighted by Crippen LogP contribution is -2.48. The topological polar surface area (TPSA) is 30.5 Å². The first kappa shape index (κ1) is 14.3. The molecule has 1 N–H and O–H groups in total. The Hall–Kier alpha value is -0.120. The fraction of sp³-hybridized carbons (Fsp3) is 1.00. The molecule has 2 fully saturated rings. The van der Waals surface area contributed by atoms with Gasteiger partial charge in [-0.15, -0.1) is 0 Å². The molecule has 3 atom stereocenters. The van der Waals surface area contributed by atoms with E-state index in [-0.39, 0.29) is 6.10 Å². The normalized spacial score (nSPS) is 34.5. The van der Waals surface area contributed by atoms with E-state index in [9.17, 15) is 0 Å². The van der Waals surface area contributed by atoms with Gasteiger partial charge in [0, 0.05) is 12.6 Å². The maximum atomic E-state index is 5.70. The summed E-state index contributed by atoms with van der Waals surface area (Å²) in [4.78, 5) is 0. The maximum Gasteiger partial charge on any atom is 0.0933 e. The van der Waals surface area contributed by atoms with Crippen LogP contribution in [0.25, 0.3) is 0 Å². The smallest absolute Gasteiger partial charge is 0.0933 e. The minimum atomic E-state index is 0.251. The van der Waals surface area contributed by atoms with Gasteiger partial charge >= 0.3 is 0 Å². The zero-order chi connectivity index (χ0) is 13.0. The second kappa shape index (κ2) is 6.36. The SMILES string of the molecule is CC(C)(C)C1CCCCC1NCC1COCCO1. The molecule has 0 aromatic rings. The fourth-order valence-corrected chi connectivity index (χ4v) is 3.35. The number of rotatable bonds is 3. The highest BCUT2D eigenvalue weighted by Gasteiger charge is 2.34. The summed E-state index contributed by atoms with van der Waals surface area (Å²) in [5.74, 6) is 0.788. The predicted molar refractivity (Wildman–Crippen MR) is 73.8 cm³/mol. The monoisotopic (exact) mass is 255 g/mol. The molecule has 0 spiro atoms. The zero-order valence-corrected chi connectivity index (χ0v) is 12.2. The second-order valence-corrected chi connectivity index (χ2v) is 6.84. The summed E-state index contributed by atoms with van der Waals surface area (Å²) >= 11 is 0. The van der Waals surface area contributed by atoms with Crippen LogP contribution in [0.15, 0.2) is 0 Å². The molecule has 1 saturated carbocycles. The third-order valence-electron chi connectivity index (χ3n) is 4.37. The minimum absolute atomic E-state index is 0.251. The average molecular weight is 255 g/mol. The summed E-state index contributed by atoms with van der Waals surface area (Å²) in [7, 11) is 0. The number of hydrogen-bond donors (Lipinski definition) is 1. The molecule has 2 rings (SSSR count). The van der Waals surface area contributed by atoms with Crippen molar-refractivity contribution in [3.05, 3.63) is 0 Å². The Bertz CT molecular complexity index is 243. The van der Waals surface area contributed by atoms with Crippen LogP contribution >= 0.6 is 0 Å². The van der Waals surface area contributed by atoms with Gasteiger partial charge < -0.3 is 14.8 Å². The molecule has 1 saturated heterocycles. The molecule has 0 aromatic heterocycles. The summed E-state index contributed by atoms with van der Waals surface area (Å²) in [5.41, 5.74) is 0.405. The molecule has 1 heterocycles. The van der Waals surface area contributed by atoms with Gasteiger partial charge in [-0.25, -0.2) is 0 Å². The Labute approximate surface area is 112 Å². The van der Waals surface area contributed by atoms with Crippen LogP contribution in [0.5, 0.6) is 0 Å². The molecule has 18 heavy (non-hydrogen) atoms. The van der Waals surface area contributed by atoms with E-state index in [1.807, 2.05) is 0 Å². The van der Waals surface area contributed by atoms with Gasteiger partial charge in [-0.1, -0.05) is 33.6 Å². The highest BCUT2D eigenvalue weighted by molar-refractivity contribution is 4.88. The Balaban J connectivity index is 1.81. The standard InChI is InChI=1S/C15H29NO2/c1-15(2,3)13-6-4-5-7-14(13)16-10-12-11-17-8-9-18-12/h12-14,16H,4-11H2,1-3H3. The van der Waals surface area contributed by atoms with E-state index in [4.69, 9.17) is 9.47 Å². The molecule has 3 heteroatoms. The molecule has 3 nitrogen and oxygen atoms in total. The van der Waals surface area contributed by atoms with Gasteiger partial charge in [-0.05, 0) is 24.2 Å². The molecule has 3 unspecified atom stereocenters. The van der Waals surface area contributed by atoms with Crippen LogP contribution in [-0.2, 0) is 9.47 Å². The van der Waals surface area contributed by atoms with Gasteiger partial charge in [0.05, 0.1) is 25.9 Å². The molecule has 0 bridgehead atoms. The zero-order valence-electron chi connectivity index (χ0n) is 12.2. The number of ether oxygens (including phenoxy) is 2. The van der Waals surface area contributed by atoms with E-state index in [0.717, 1.165) is 32.3 Å². The molecule has 0 amide bonds. The number of hydrogen-bond acceptors (Lipinski definition) is 3. The highest BCUT2D eigenvalue weighted by atomic mass is 16.6. The first-order chi connectivity index (χ1) is 8.57. The van der Waals surface area contributed by atoms with Crippen LogP contribution < -0.4 is 5.32 Å². The Morgan fingerprint density at radius 2 is 1.89 bits per heavy atom. The van der Waals surface area contributed by atoms with Crippen molar-refractivity contribution in [3.8, 4) is 0 Å². The molecule has 1 aliphatic heterocycles. The summed E-state index contributed by atoms with van der Waals surface area (Å²) in [6.07, 6.45) is 5.69. The van der Waals surface area contributed by atoms with E-state index < -0.39 is 0 Å². The summed E-state index contributed by atoms with van der Waals surface area (Å²) < 4.78 is 11.2. The van der Waals surface area contributed by atoms with E-state index in [0.29, 0.717) is 11.5 Å². The lowest BCUT2D eigenvalue weighted by molar-refractivity contribution is -0.0883. The third kappa shape index (κ3) is 3.94. The molecule has 0 radical (unpaired) electrons. The van der Waals surface area contributed by atoms with Crippen LogP contribution in [0.2, 0.25) is 0 Å². The third-order valence-corrected chi connectivity index (χ3v) is 4.37. The van der Waals surface area contributed by atoms with Gasteiger partial charge in [-0.2, -0.15) is 0 Å².